The molecular weight excluding hydrogens is 331 g/mol. The van der Waals surface area contributed by atoms with E-state index < -0.39 is 29.8 Å². The lowest BCUT2D eigenvalue weighted by molar-refractivity contribution is -0.140. The van der Waals surface area contributed by atoms with Crippen molar-refractivity contribution in [2.45, 2.75) is 38.0 Å². The highest BCUT2D eigenvalue weighted by atomic mass is 19.4. The molecule has 0 heterocycles. The van der Waals surface area contributed by atoms with Gasteiger partial charge in [-0.3, -0.25) is 4.79 Å². The second-order valence-electron chi connectivity index (χ2n) is 6.01. The fourth-order valence-electron chi connectivity index (χ4n) is 2.77. The number of benzene rings is 2. The molecule has 0 bridgehead atoms. The Kier molecular flexibility index (Phi) is 6.20. The summed E-state index contributed by atoms with van der Waals surface area (Å²) in [5.41, 5.74) is 0.322. The standard InChI is InChI=1S/C19H20F3NO2/c1-13(11-15-9-5-6-10-16(15)19(20,21)22)23-17(18(24)25)12-14-7-3-2-4-8-14/h2-10,13,17,23H,11-12H2,1H3,(H,24,25)/t13?,17-/m1/s1. The van der Waals surface area contributed by atoms with E-state index >= 15 is 0 Å². The molecule has 2 atom stereocenters. The van der Waals surface area contributed by atoms with Gasteiger partial charge in [0, 0.05) is 6.04 Å². The predicted octanol–water partition coefficient (Wildman–Crippen LogP) is 3.92. The van der Waals surface area contributed by atoms with Crippen LogP contribution in [0.15, 0.2) is 54.6 Å². The summed E-state index contributed by atoms with van der Waals surface area (Å²) in [6.07, 6.45) is -4.07. The van der Waals surface area contributed by atoms with Crippen LogP contribution in [0.3, 0.4) is 0 Å². The smallest absolute Gasteiger partial charge is 0.416 e. The Labute approximate surface area is 144 Å². The van der Waals surface area contributed by atoms with Crippen molar-refractivity contribution < 1.29 is 23.1 Å². The van der Waals surface area contributed by atoms with Crippen LogP contribution in [0.2, 0.25) is 0 Å². The molecule has 0 aromatic heterocycles. The molecule has 2 aromatic carbocycles. The number of aliphatic carboxylic acids is 1. The van der Waals surface area contributed by atoms with Gasteiger partial charge < -0.3 is 10.4 Å². The van der Waals surface area contributed by atoms with E-state index in [4.69, 9.17) is 0 Å². The Bertz CT molecular complexity index is 701. The second-order valence-corrected chi connectivity index (χ2v) is 6.01. The van der Waals surface area contributed by atoms with Gasteiger partial charge in [0.1, 0.15) is 6.04 Å². The Morgan fingerprint density at radius 1 is 1.04 bits per heavy atom. The van der Waals surface area contributed by atoms with E-state index in [1.54, 1.807) is 13.0 Å². The van der Waals surface area contributed by atoms with Gasteiger partial charge in [-0.15, -0.1) is 0 Å². The van der Waals surface area contributed by atoms with Gasteiger partial charge in [-0.2, -0.15) is 13.2 Å². The molecule has 0 aliphatic carbocycles. The summed E-state index contributed by atoms with van der Waals surface area (Å²) >= 11 is 0. The van der Waals surface area contributed by atoms with Crippen molar-refractivity contribution in [2.75, 3.05) is 0 Å². The highest BCUT2D eigenvalue weighted by Crippen LogP contribution is 2.32. The van der Waals surface area contributed by atoms with Crippen molar-refractivity contribution in [1.29, 1.82) is 0 Å². The molecule has 3 nitrogen and oxygen atoms in total. The van der Waals surface area contributed by atoms with Crippen LogP contribution in [-0.4, -0.2) is 23.2 Å². The highest BCUT2D eigenvalue weighted by Gasteiger charge is 2.33. The van der Waals surface area contributed by atoms with Crippen LogP contribution in [0.4, 0.5) is 13.2 Å². The van der Waals surface area contributed by atoms with Crippen molar-refractivity contribution in [3.63, 3.8) is 0 Å². The Balaban J connectivity index is 2.07. The van der Waals surface area contributed by atoms with E-state index in [9.17, 15) is 23.1 Å². The van der Waals surface area contributed by atoms with Crippen LogP contribution in [-0.2, 0) is 23.8 Å². The topological polar surface area (TPSA) is 49.3 Å². The van der Waals surface area contributed by atoms with Gasteiger partial charge in [0.25, 0.3) is 0 Å². The molecule has 6 heteroatoms. The molecule has 2 aromatic rings. The molecule has 0 fully saturated rings. The number of rotatable bonds is 7. The Hall–Kier alpha value is -2.34. The summed E-state index contributed by atoms with van der Waals surface area (Å²) in [7, 11) is 0. The van der Waals surface area contributed by atoms with Crippen molar-refractivity contribution in [1.82, 2.24) is 5.32 Å². The van der Waals surface area contributed by atoms with Crippen LogP contribution >= 0.6 is 0 Å². The zero-order valence-corrected chi connectivity index (χ0v) is 13.8. The third-order valence-corrected chi connectivity index (χ3v) is 3.92. The molecule has 134 valence electrons. The summed E-state index contributed by atoms with van der Waals surface area (Å²) in [4.78, 5) is 11.5. The fourth-order valence-corrected chi connectivity index (χ4v) is 2.77. The number of carbonyl (C=O) groups is 1. The lowest BCUT2D eigenvalue weighted by Crippen LogP contribution is -2.44. The minimum atomic E-state index is -4.42. The minimum absolute atomic E-state index is 0.0915. The van der Waals surface area contributed by atoms with Gasteiger partial charge in [-0.05, 0) is 37.0 Å². The number of carboxylic acids is 1. The normalized spacial score (nSPS) is 14.1. The van der Waals surface area contributed by atoms with E-state index in [1.807, 2.05) is 30.3 Å². The van der Waals surface area contributed by atoms with Crippen LogP contribution < -0.4 is 5.32 Å². The van der Waals surface area contributed by atoms with Gasteiger partial charge in [0.15, 0.2) is 0 Å². The molecule has 0 spiro atoms. The first kappa shape index (κ1) is 19.0. The lowest BCUT2D eigenvalue weighted by atomic mass is 9.99. The van der Waals surface area contributed by atoms with Crippen LogP contribution in [0.5, 0.6) is 0 Å². The largest absolute Gasteiger partial charge is 0.480 e. The molecular formula is C19H20F3NO2. The molecule has 25 heavy (non-hydrogen) atoms. The molecule has 0 aliphatic rings. The molecule has 0 saturated heterocycles. The van der Waals surface area contributed by atoms with Crippen molar-refractivity contribution in [3.8, 4) is 0 Å². The summed E-state index contributed by atoms with van der Waals surface area (Å²) in [6, 6.07) is 13.2. The molecule has 0 amide bonds. The van der Waals surface area contributed by atoms with Crippen molar-refractivity contribution >= 4 is 5.97 Å². The first-order valence-electron chi connectivity index (χ1n) is 7.95. The number of alkyl halides is 3. The van der Waals surface area contributed by atoms with E-state index in [0.717, 1.165) is 11.6 Å². The Morgan fingerprint density at radius 2 is 1.64 bits per heavy atom. The van der Waals surface area contributed by atoms with Gasteiger partial charge in [0.05, 0.1) is 5.56 Å². The van der Waals surface area contributed by atoms with Gasteiger partial charge in [0.2, 0.25) is 0 Å². The third-order valence-electron chi connectivity index (χ3n) is 3.92. The zero-order valence-electron chi connectivity index (χ0n) is 13.8. The average molecular weight is 351 g/mol. The maximum Gasteiger partial charge on any atom is 0.416 e. The first-order chi connectivity index (χ1) is 11.8. The maximum absolute atomic E-state index is 13.1. The number of carboxylic acid groups (broad SMARTS) is 1. The van der Waals surface area contributed by atoms with Crippen LogP contribution in [0.1, 0.15) is 23.6 Å². The van der Waals surface area contributed by atoms with Crippen LogP contribution in [0.25, 0.3) is 0 Å². The number of halogens is 3. The van der Waals surface area contributed by atoms with Crippen LogP contribution in [0, 0.1) is 0 Å². The molecule has 0 radical (unpaired) electrons. The molecule has 0 saturated carbocycles. The van der Waals surface area contributed by atoms with E-state index in [0.29, 0.717) is 0 Å². The highest BCUT2D eigenvalue weighted by molar-refractivity contribution is 5.74. The van der Waals surface area contributed by atoms with E-state index in [2.05, 4.69) is 5.32 Å². The van der Waals surface area contributed by atoms with Gasteiger partial charge in [-0.25, -0.2) is 0 Å². The summed E-state index contributed by atoms with van der Waals surface area (Å²) < 4.78 is 39.2. The Morgan fingerprint density at radius 3 is 2.24 bits per heavy atom. The zero-order chi connectivity index (χ0) is 18.4. The quantitative estimate of drug-likeness (QED) is 0.795. The summed E-state index contributed by atoms with van der Waals surface area (Å²) in [6.45, 7) is 1.69. The average Bonchev–Trinajstić information content (AvgIpc) is 2.54. The summed E-state index contributed by atoms with van der Waals surface area (Å²) in [5.74, 6) is -1.03. The second kappa shape index (κ2) is 8.16. The molecule has 0 aliphatic heterocycles. The summed E-state index contributed by atoms with van der Waals surface area (Å²) in [5, 5.41) is 12.3. The number of nitrogens with one attached hydrogen (secondary N) is 1. The fraction of sp³-hybridized carbons (Fsp3) is 0.316. The lowest BCUT2D eigenvalue weighted by Gasteiger charge is -2.22. The minimum Gasteiger partial charge on any atom is -0.480 e. The van der Waals surface area contributed by atoms with E-state index in [1.165, 1.54) is 12.1 Å². The SMILES string of the molecule is CC(Cc1ccccc1C(F)(F)F)N[C@H](Cc1ccccc1)C(=O)O. The monoisotopic (exact) mass is 351 g/mol. The third kappa shape index (κ3) is 5.60. The first-order valence-corrected chi connectivity index (χ1v) is 7.95. The number of hydrogen-bond acceptors (Lipinski definition) is 2. The molecule has 1 unspecified atom stereocenters. The molecule has 2 N–H and O–H groups in total. The van der Waals surface area contributed by atoms with Gasteiger partial charge in [-0.1, -0.05) is 48.5 Å². The van der Waals surface area contributed by atoms with Crippen molar-refractivity contribution in [2.24, 2.45) is 0 Å². The van der Waals surface area contributed by atoms with E-state index in [-0.39, 0.29) is 18.4 Å². The van der Waals surface area contributed by atoms with Gasteiger partial charge >= 0.3 is 12.1 Å². The predicted molar refractivity (Wildman–Crippen MR) is 89.3 cm³/mol. The maximum atomic E-state index is 13.1. The molecule has 2 rings (SSSR count). The number of hydrogen-bond donors (Lipinski definition) is 2. The van der Waals surface area contributed by atoms with Crippen molar-refractivity contribution in [3.05, 3.63) is 71.3 Å².